The molecule has 1 fully saturated rings. The zero-order chi connectivity index (χ0) is 12.4. The van der Waals surface area contributed by atoms with Crippen molar-refractivity contribution in [1.29, 1.82) is 0 Å². The molecule has 0 bridgehead atoms. The second kappa shape index (κ2) is 5.07. The van der Waals surface area contributed by atoms with Crippen LogP contribution < -0.4 is 0 Å². The van der Waals surface area contributed by atoms with Crippen LogP contribution in [0.3, 0.4) is 0 Å². The lowest BCUT2D eigenvalue weighted by Gasteiger charge is -2.12. The van der Waals surface area contributed by atoms with Gasteiger partial charge in [-0.05, 0) is 6.92 Å². The molecular weight excluding hydrogens is 242 g/mol. The Balaban J connectivity index is 1.90. The molecule has 2 atom stereocenters. The number of aliphatic carboxylic acids is 1. The number of aliphatic hydroxyl groups is 1. The maximum absolute atomic E-state index is 10.6. The van der Waals surface area contributed by atoms with Crippen molar-refractivity contribution in [2.24, 2.45) is 5.92 Å². The smallest absolute Gasteiger partial charge is 0.303 e. The van der Waals surface area contributed by atoms with Crippen LogP contribution in [-0.4, -0.2) is 50.5 Å². The topological polar surface area (TPSA) is 86.6 Å². The number of β-amino-alcohol motifs (C(OH)–C–C–N with tert-alkyl or cyclic N) is 1. The molecule has 0 radical (unpaired) electrons. The minimum Gasteiger partial charge on any atom is -0.481 e. The molecule has 2 N–H and O–H groups in total. The second-order valence-electron chi connectivity index (χ2n) is 4.33. The molecule has 2 rings (SSSR count). The van der Waals surface area contributed by atoms with Crippen LogP contribution in [0.2, 0.25) is 0 Å². The Labute approximate surface area is 103 Å². The first kappa shape index (κ1) is 12.4. The van der Waals surface area contributed by atoms with Crippen molar-refractivity contribution in [3.8, 4) is 0 Å². The van der Waals surface area contributed by atoms with Crippen molar-refractivity contribution >= 4 is 17.3 Å². The summed E-state index contributed by atoms with van der Waals surface area (Å²) in [6.07, 6.45) is -0.535. The largest absolute Gasteiger partial charge is 0.481 e. The Hall–Kier alpha value is -1.05. The van der Waals surface area contributed by atoms with Gasteiger partial charge in [0.15, 0.2) is 0 Å². The summed E-state index contributed by atoms with van der Waals surface area (Å²) in [5.74, 6) is -1.04. The highest BCUT2D eigenvalue weighted by Crippen LogP contribution is 2.22. The number of carboxylic acid groups (broad SMARTS) is 1. The van der Waals surface area contributed by atoms with Gasteiger partial charge in [0.1, 0.15) is 10.0 Å². The van der Waals surface area contributed by atoms with E-state index in [4.69, 9.17) is 5.11 Å². The molecule has 1 saturated heterocycles. The minimum atomic E-state index is -0.859. The summed E-state index contributed by atoms with van der Waals surface area (Å²) in [6, 6.07) is 0. The molecule has 6 nitrogen and oxygen atoms in total. The molecule has 17 heavy (non-hydrogen) atoms. The van der Waals surface area contributed by atoms with Crippen LogP contribution >= 0.6 is 11.3 Å². The Morgan fingerprint density at radius 3 is 2.88 bits per heavy atom. The number of aliphatic hydroxyl groups excluding tert-OH is 1. The van der Waals surface area contributed by atoms with Crippen LogP contribution in [0.5, 0.6) is 0 Å². The van der Waals surface area contributed by atoms with Gasteiger partial charge >= 0.3 is 5.97 Å². The molecule has 94 valence electrons. The van der Waals surface area contributed by atoms with Gasteiger partial charge in [-0.15, -0.1) is 21.5 Å². The van der Waals surface area contributed by atoms with Crippen LogP contribution in [-0.2, 0) is 11.3 Å². The summed E-state index contributed by atoms with van der Waals surface area (Å²) in [4.78, 5) is 12.6. The number of likely N-dealkylation sites (tertiary alicyclic amines) is 1. The van der Waals surface area contributed by atoms with Gasteiger partial charge in [-0.3, -0.25) is 9.69 Å². The summed E-state index contributed by atoms with van der Waals surface area (Å²) in [6.45, 7) is 3.65. The van der Waals surface area contributed by atoms with Gasteiger partial charge in [0.2, 0.25) is 0 Å². The van der Waals surface area contributed by atoms with E-state index in [2.05, 4.69) is 10.2 Å². The fourth-order valence-electron chi connectivity index (χ4n) is 2.09. The fraction of sp³-hybridized carbons (Fsp3) is 0.700. The number of hydrogen-bond acceptors (Lipinski definition) is 6. The zero-order valence-electron chi connectivity index (χ0n) is 9.54. The number of aromatic nitrogens is 2. The Bertz CT molecular complexity index is 409. The van der Waals surface area contributed by atoms with Crippen molar-refractivity contribution in [2.45, 2.75) is 26.0 Å². The number of hydrogen-bond donors (Lipinski definition) is 2. The van der Waals surface area contributed by atoms with Gasteiger partial charge in [-0.2, -0.15) is 0 Å². The van der Waals surface area contributed by atoms with E-state index in [0.717, 1.165) is 10.0 Å². The molecule has 1 aromatic heterocycles. The van der Waals surface area contributed by atoms with Crippen LogP contribution in [0, 0.1) is 12.8 Å². The van der Waals surface area contributed by atoms with Gasteiger partial charge in [0.25, 0.3) is 0 Å². The fourth-order valence-corrected chi connectivity index (χ4v) is 2.84. The van der Waals surface area contributed by atoms with Crippen LogP contribution in [0.4, 0.5) is 0 Å². The lowest BCUT2D eigenvalue weighted by molar-refractivity contribution is -0.138. The van der Waals surface area contributed by atoms with Crippen LogP contribution in [0.1, 0.15) is 16.4 Å². The summed E-state index contributed by atoms with van der Waals surface area (Å²) in [7, 11) is 0. The quantitative estimate of drug-likeness (QED) is 0.796. The first-order chi connectivity index (χ1) is 8.04. The number of nitrogens with zero attached hydrogens (tertiary/aromatic N) is 3. The Morgan fingerprint density at radius 2 is 2.29 bits per heavy atom. The molecule has 0 saturated carbocycles. The zero-order valence-corrected chi connectivity index (χ0v) is 10.4. The monoisotopic (exact) mass is 257 g/mol. The second-order valence-corrected chi connectivity index (χ2v) is 5.60. The molecule has 0 unspecified atom stereocenters. The summed E-state index contributed by atoms with van der Waals surface area (Å²) < 4.78 is 0. The van der Waals surface area contributed by atoms with E-state index in [1.54, 1.807) is 0 Å². The van der Waals surface area contributed by atoms with Gasteiger partial charge in [-0.1, -0.05) is 0 Å². The van der Waals surface area contributed by atoms with Gasteiger partial charge in [0.05, 0.1) is 19.1 Å². The van der Waals surface area contributed by atoms with E-state index in [-0.39, 0.29) is 12.3 Å². The number of carboxylic acids is 1. The van der Waals surface area contributed by atoms with E-state index in [1.807, 2.05) is 11.8 Å². The van der Waals surface area contributed by atoms with Crippen molar-refractivity contribution in [3.63, 3.8) is 0 Å². The minimum absolute atomic E-state index is 0.0206. The van der Waals surface area contributed by atoms with Crippen LogP contribution in [0.15, 0.2) is 0 Å². The normalized spacial score (nSPS) is 25.3. The molecule has 0 aromatic carbocycles. The molecule has 2 heterocycles. The molecule has 1 aromatic rings. The van der Waals surface area contributed by atoms with Crippen molar-refractivity contribution in [3.05, 3.63) is 10.0 Å². The number of rotatable bonds is 4. The average Bonchev–Trinajstić information content (AvgIpc) is 2.74. The predicted molar refractivity (Wildman–Crippen MR) is 61.7 cm³/mol. The summed E-state index contributed by atoms with van der Waals surface area (Å²) >= 11 is 1.53. The van der Waals surface area contributed by atoms with Gasteiger partial charge < -0.3 is 10.2 Å². The summed E-state index contributed by atoms with van der Waals surface area (Å²) in [5, 5.41) is 28.3. The SMILES string of the molecule is Cc1nnc(CN2C[C@@H](CC(=O)O)[C@H](O)C2)s1. The van der Waals surface area contributed by atoms with Crippen molar-refractivity contribution < 1.29 is 15.0 Å². The maximum Gasteiger partial charge on any atom is 0.303 e. The summed E-state index contributed by atoms with van der Waals surface area (Å²) in [5.41, 5.74) is 0. The standard InChI is InChI=1S/C10H15N3O3S/c1-6-11-12-9(17-6)5-13-3-7(2-10(15)16)8(14)4-13/h7-8,14H,2-5H2,1H3,(H,15,16)/t7-,8-/m1/s1. The maximum atomic E-state index is 10.6. The van der Waals surface area contributed by atoms with E-state index in [0.29, 0.717) is 19.6 Å². The Kier molecular flexibility index (Phi) is 3.70. The lowest BCUT2D eigenvalue weighted by atomic mass is 10.0. The third-order valence-electron chi connectivity index (χ3n) is 2.85. The molecule has 0 aliphatic carbocycles. The first-order valence-electron chi connectivity index (χ1n) is 5.46. The van der Waals surface area contributed by atoms with Gasteiger partial charge in [-0.25, -0.2) is 0 Å². The average molecular weight is 257 g/mol. The molecule has 0 spiro atoms. The molecule has 1 aliphatic rings. The van der Waals surface area contributed by atoms with Crippen molar-refractivity contribution in [2.75, 3.05) is 13.1 Å². The van der Waals surface area contributed by atoms with Crippen LogP contribution in [0.25, 0.3) is 0 Å². The van der Waals surface area contributed by atoms with Gasteiger partial charge in [0, 0.05) is 19.0 Å². The highest BCUT2D eigenvalue weighted by molar-refractivity contribution is 7.11. The van der Waals surface area contributed by atoms with E-state index in [9.17, 15) is 9.90 Å². The first-order valence-corrected chi connectivity index (χ1v) is 6.27. The van der Waals surface area contributed by atoms with E-state index < -0.39 is 12.1 Å². The van der Waals surface area contributed by atoms with E-state index in [1.165, 1.54) is 11.3 Å². The Morgan fingerprint density at radius 1 is 1.53 bits per heavy atom. The lowest BCUT2D eigenvalue weighted by Crippen LogP contribution is -2.21. The predicted octanol–water partition coefficient (Wildman–Crippen LogP) is 0.114. The number of aryl methyl sites for hydroxylation is 1. The third-order valence-corrected chi connectivity index (χ3v) is 3.67. The third kappa shape index (κ3) is 3.21. The molecular formula is C10H15N3O3S. The van der Waals surface area contributed by atoms with E-state index >= 15 is 0 Å². The highest BCUT2D eigenvalue weighted by Gasteiger charge is 2.33. The molecule has 7 heteroatoms. The number of carbonyl (C=O) groups is 1. The van der Waals surface area contributed by atoms with Crippen molar-refractivity contribution in [1.82, 2.24) is 15.1 Å². The highest BCUT2D eigenvalue weighted by atomic mass is 32.1. The molecule has 0 amide bonds. The molecule has 1 aliphatic heterocycles.